The van der Waals surface area contributed by atoms with Crippen molar-refractivity contribution in [1.29, 1.82) is 0 Å². The van der Waals surface area contributed by atoms with Crippen molar-refractivity contribution in [3.05, 3.63) is 71.8 Å². The molecule has 1 aliphatic heterocycles. The molecule has 0 atom stereocenters. The number of para-hydroxylation sites is 2. The van der Waals surface area contributed by atoms with Crippen LogP contribution in [0.2, 0.25) is 0 Å². The molecule has 0 bridgehead atoms. The standard InChI is InChI=1S/C24H28N2O4/c1-3-9-23-21(7-1)19-25-11-15-27-17-18-28-16-12-26-20-22-8-2-4-10-24(22)30-14-6-5-13-29-23/h1-10,19-20H,11-18H2/b6-5-,25-19?,26-20?. The van der Waals surface area contributed by atoms with Crippen molar-refractivity contribution in [2.24, 2.45) is 9.98 Å². The molecule has 6 nitrogen and oxygen atoms in total. The van der Waals surface area contributed by atoms with Gasteiger partial charge >= 0.3 is 0 Å². The highest BCUT2D eigenvalue weighted by Crippen LogP contribution is 2.17. The quantitative estimate of drug-likeness (QED) is 0.625. The van der Waals surface area contributed by atoms with Crippen molar-refractivity contribution < 1.29 is 18.9 Å². The number of nitrogens with zero attached hydrogens (tertiary/aromatic N) is 2. The summed E-state index contributed by atoms with van der Waals surface area (Å²) in [6, 6.07) is 15.7. The van der Waals surface area contributed by atoms with E-state index in [2.05, 4.69) is 9.98 Å². The number of aliphatic imine (C=N–C) groups is 2. The Bertz CT molecular complexity index is 779. The summed E-state index contributed by atoms with van der Waals surface area (Å²) in [7, 11) is 0. The summed E-state index contributed by atoms with van der Waals surface area (Å²) in [4.78, 5) is 8.84. The topological polar surface area (TPSA) is 61.6 Å². The smallest absolute Gasteiger partial charge is 0.128 e. The van der Waals surface area contributed by atoms with Crippen LogP contribution in [-0.2, 0) is 9.47 Å². The molecule has 3 rings (SSSR count). The van der Waals surface area contributed by atoms with E-state index in [1.807, 2.05) is 73.1 Å². The second-order valence-electron chi connectivity index (χ2n) is 6.46. The van der Waals surface area contributed by atoms with Gasteiger partial charge in [0.05, 0.1) is 39.5 Å². The molecule has 1 aliphatic rings. The summed E-state index contributed by atoms with van der Waals surface area (Å²) in [6.45, 7) is 4.30. The Morgan fingerprint density at radius 2 is 1.03 bits per heavy atom. The first kappa shape index (κ1) is 21.7. The third-order valence-electron chi connectivity index (χ3n) is 4.24. The van der Waals surface area contributed by atoms with Crippen LogP contribution in [0, 0.1) is 0 Å². The lowest BCUT2D eigenvalue weighted by atomic mass is 10.2. The molecule has 0 amide bonds. The predicted molar refractivity (Wildman–Crippen MR) is 120 cm³/mol. The second kappa shape index (κ2) is 13.3. The summed E-state index contributed by atoms with van der Waals surface area (Å²) in [5.74, 6) is 1.59. The third kappa shape index (κ3) is 7.81. The molecule has 0 fully saturated rings. The summed E-state index contributed by atoms with van der Waals surface area (Å²) in [6.07, 6.45) is 7.54. The summed E-state index contributed by atoms with van der Waals surface area (Å²) < 4.78 is 22.8. The van der Waals surface area contributed by atoms with Crippen LogP contribution in [-0.4, -0.2) is 65.2 Å². The van der Waals surface area contributed by atoms with Crippen LogP contribution in [0.5, 0.6) is 11.5 Å². The highest BCUT2D eigenvalue weighted by molar-refractivity contribution is 5.84. The summed E-state index contributed by atoms with van der Waals surface area (Å²) in [5, 5.41) is 0. The minimum atomic E-state index is 0.459. The maximum atomic E-state index is 5.87. The van der Waals surface area contributed by atoms with E-state index >= 15 is 0 Å². The molecule has 0 radical (unpaired) electrons. The maximum Gasteiger partial charge on any atom is 0.128 e. The van der Waals surface area contributed by atoms with Crippen molar-refractivity contribution >= 4 is 12.4 Å². The van der Waals surface area contributed by atoms with Gasteiger partial charge in [-0.25, -0.2) is 0 Å². The molecule has 2 aromatic carbocycles. The SMILES string of the molecule is C1=NCCOCCOCCN=Cc2ccccc2OC/C=C\COc2ccccc21. The van der Waals surface area contributed by atoms with Crippen molar-refractivity contribution in [3.63, 3.8) is 0 Å². The van der Waals surface area contributed by atoms with Crippen LogP contribution >= 0.6 is 0 Å². The monoisotopic (exact) mass is 408 g/mol. The van der Waals surface area contributed by atoms with Gasteiger partial charge in [0, 0.05) is 23.6 Å². The van der Waals surface area contributed by atoms with Gasteiger partial charge in [-0.3, -0.25) is 9.98 Å². The van der Waals surface area contributed by atoms with Gasteiger partial charge in [0.15, 0.2) is 0 Å². The Morgan fingerprint density at radius 3 is 1.53 bits per heavy atom. The Kier molecular flexibility index (Phi) is 9.64. The fourth-order valence-corrected chi connectivity index (χ4v) is 2.73. The minimum Gasteiger partial charge on any atom is -0.489 e. The molecule has 158 valence electrons. The van der Waals surface area contributed by atoms with E-state index in [-0.39, 0.29) is 0 Å². The van der Waals surface area contributed by atoms with Crippen LogP contribution < -0.4 is 9.47 Å². The first-order valence-electron chi connectivity index (χ1n) is 10.2. The largest absolute Gasteiger partial charge is 0.489 e. The number of ether oxygens (including phenoxy) is 4. The van der Waals surface area contributed by atoms with Gasteiger partial charge in [-0.05, 0) is 36.4 Å². The molecule has 30 heavy (non-hydrogen) atoms. The molecule has 2 aromatic rings. The zero-order chi connectivity index (χ0) is 20.7. The van der Waals surface area contributed by atoms with E-state index in [9.17, 15) is 0 Å². The molecule has 0 N–H and O–H groups in total. The van der Waals surface area contributed by atoms with E-state index in [1.54, 1.807) is 0 Å². The van der Waals surface area contributed by atoms with Crippen LogP contribution in [0.15, 0.2) is 70.7 Å². The zero-order valence-electron chi connectivity index (χ0n) is 17.1. The normalized spacial score (nSPS) is 17.9. The van der Waals surface area contributed by atoms with Crippen LogP contribution in [0.4, 0.5) is 0 Å². The van der Waals surface area contributed by atoms with Gasteiger partial charge in [0.1, 0.15) is 24.7 Å². The lowest BCUT2D eigenvalue weighted by Crippen LogP contribution is -2.09. The zero-order valence-corrected chi connectivity index (χ0v) is 17.1. The van der Waals surface area contributed by atoms with Crippen molar-refractivity contribution in [2.75, 3.05) is 52.7 Å². The van der Waals surface area contributed by atoms with Crippen molar-refractivity contribution in [2.45, 2.75) is 0 Å². The number of fused-ring (bicyclic) bond motifs is 2. The highest BCUT2D eigenvalue weighted by Gasteiger charge is 2.01. The minimum absolute atomic E-state index is 0.459. The first-order valence-corrected chi connectivity index (χ1v) is 10.2. The van der Waals surface area contributed by atoms with Crippen LogP contribution in [0.3, 0.4) is 0 Å². The second-order valence-corrected chi connectivity index (χ2v) is 6.46. The highest BCUT2D eigenvalue weighted by atomic mass is 16.5. The molecule has 0 saturated carbocycles. The molecule has 0 aromatic heterocycles. The summed E-state index contributed by atoms with van der Waals surface area (Å²) in [5.41, 5.74) is 1.89. The number of hydrogen-bond donors (Lipinski definition) is 0. The average molecular weight is 408 g/mol. The molecule has 0 aliphatic carbocycles. The Balaban J connectivity index is 1.62. The van der Waals surface area contributed by atoms with Gasteiger partial charge < -0.3 is 18.9 Å². The number of hydrogen-bond acceptors (Lipinski definition) is 6. The number of rotatable bonds is 0. The molecular weight excluding hydrogens is 380 g/mol. The van der Waals surface area contributed by atoms with Gasteiger partial charge in [0.2, 0.25) is 0 Å². The Hall–Kier alpha value is -2.96. The fraction of sp³-hybridized carbons (Fsp3) is 0.333. The molecule has 0 unspecified atom stereocenters. The van der Waals surface area contributed by atoms with Crippen molar-refractivity contribution in [1.82, 2.24) is 0 Å². The van der Waals surface area contributed by atoms with Gasteiger partial charge in [0.25, 0.3) is 0 Å². The molecule has 0 saturated heterocycles. The number of benzene rings is 2. The first-order chi connectivity index (χ1) is 14.9. The van der Waals surface area contributed by atoms with E-state index in [1.165, 1.54) is 0 Å². The predicted octanol–water partition coefficient (Wildman–Crippen LogP) is 3.59. The third-order valence-corrected chi connectivity index (χ3v) is 4.24. The van der Waals surface area contributed by atoms with Gasteiger partial charge in [-0.15, -0.1) is 0 Å². The molecule has 0 spiro atoms. The maximum absolute atomic E-state index is 5.87. The summed E-state index contributed by atoms with van der Waals surface area (Å²) >= 11 is 0. The van der Waals surface area contributed by atoms with E-state index in [0.29, 0.717) is 52.7 Å². The molecule has 6 heteroatoms. The lowest BCUT2D eigenvalue weighted by molar-refractivity contribution is 0.0541. The Labute approximate surface area is 177 Å². The molecule has 1 heterocycles. The fourth-order valence-electron chi connectivity index (χ4n) is 2.73. The van der Waals surface area contributed by atoms with Gasteiger partial charge in [-0.2, -0.15) is 0 Å². The van der Waals surface area contributed by atoms with Gasteiger partial charge in [-0.1, -0.05) is 24.3 Å². The Morgan fingerprint density at radius 1 is 0.567 bits per heavy atom. The lowest BCUT2D eigenvalue weighted by Gasteiger charge is -2.08. The van der Waals surface area contributed by atoms with E-state index < -0.39 is 0 Å². The van der Waals surface area contributed by atoms with E-state index in [4.69, 9.17) is 18.9 Å². The average Bonchev–Trinajstić information content (AvgIpc) is 2.78. The van der Waals surface area contributed by atoms with Crippen LogP contribution in [0.1, 0.15) is 11.1 Å². The van der Waals surface area contributed by atoms with Crippen molar-refractivity contribution in [3.8, 4) is 11.5 Å². The molecular formula is C24H28N2O4. The van der Waals surface area contributed by atoms with Crippen LogP contribution in [0.25, 0.3) is 0 Å². The van der Waals surface area contributed by atoms with E-state index in [0.717, 1.165) is 22.6 Å².